The quantitative estimate of drug-likeness (QED) is 0.894. The van der Waals surface area contributed by atoms with Crippen molar-refractivity contribution in [2.24, 2.45) is 23.5 Å². The maximum Gasteiger partial charge on any atom is 0.226 e. The Morgan fingerprint density at radius 2 is 2.00 bits per heavy atom. The van der Waals surface area contributed by atoms with Gasteiger partial charge in [-0.3, -0.25) is 4.79 Å². The average Bonchev–Trinajstić information content (AvgIpc) is 2.97. The summed E-state index contributed by atoms with van der Waals surface area (Å²) in [6, 6.07) is 8.54. The van der Waals surface area contributed by atoms with Gasteiger partial charge in [0.05, 0.1) is 6.04 Å². The molecule has 2 fully saturated rings. The number of carbonyl (C=O) groups is 1. The monoisotopic (exact) mass is 270 g/mol. The molecule has 4 rings (SSSR count). The van der Waals surface area contributed by atoms with Gasteiger partial charge in [-0.15, -0.1) is 0 Å². The van der Waals surface area contributed by atoms with Crippen LogP contribution in [-0.2, 0) is 11.2 Å². The average molecular weight is 270 g/mol. The number of benzene rings is 1. The number of rotatable bonds is 2. The van der Waals surface area contributed by atoms with E-state index in [1.54, 1.807) is 0 Å². The first-order valence-corrected chi connectivity index (χ1v) is 7.89. The van der Waals surface area contributed by atoms with Crippen molar-refractivity contribution in [2.75, 3.05) is 13.1 Å². The fourth-order valence-electron chi connectivity index (χ4n) is 4.55. The summed E-state index contributed by atoms with van der Waals surface area (Å²) in [6.07, 6.45) is 4.82. The van der Waals surface area contributed by atoms with Gasteiger partial charge in [-0.25, -0.2) is 0 Å². The van der Waals surface area contributed by atoms with Gasteiger partial charge in [0, 0.05) is 19.0 Å². The molecule has 20 heavy (non-hydrogen) atoms. The van der Waals surface area contributed by atoms with Crippen molar-refractivity contribution in [1.29, 1.82) is 0 Å². The minimum Gasteiger partial charge on any atom is -0.334 e. The van der Waals surface area contributed by atoms with Crippen molar-refractivity contribution >= 4 is 5.91 Å². The summed E-state index contributed by atoms with van der Waals surface area (Å²) in [5, 5.41) is 0. The smallest absolute Gasteiger partial charge is 0.226 e. The van der Waals surface area contributed by atoms with Gasteiger partial charge in [-0.2, -0.15) is 0 Å². The number of nitrogens with two attached hydrogens (primary N) is 1. The number of amides is 1. The van der Waals surface area contributed by atoms with Gasteiger partial charge in [0.25, 0.3) is 0 Å². The molecule has 1 heterocycles. The van der Waals surface area contributed by atoms with Crippen LogP contribution in [0, 0.1) is 17.8 Å². The number of hydrogen-bond acceptors (Lipinski definition) is 2. The van der Waals surface area contributed by atoms with E-state index in [2.05, 4.69) is 29.2 Å². The first-order chi connectivity index (χ1) is 9.81. The zero-order valence-corrected chi connectivity index (χ0v) is 11.8. The summed E-state index contributed by atoms with van der Waals surface area (Å²) >= 11 is 0. The lowest BCUT2D eigenvalue weighted by Crippen LogP contribution is -2.44. The zero-order chi connectivity index (χ0) is 13.7. The summed E-state index contributed by atoms with van der Waals surface area (Å²) < 4.78 is 0. The largest absolute Gasteiger partial charge is 0.334 e. The molecule has 2 N–H and O–H groups in total. The molecule has 2 aliphatic carbocycles. The van der Waals surface area contributed by atoms with E-state index in [1.807, 2.05) is 0 Å². The Kier molecular flexibility index (Phi) is 2.84. The molecular formula is C17H22N2O. The molecule has 2 saturated carbocycles. The molecule has 1 amide bonds. The summed E-state index contributed by atoms with van der Waals surface area (Å²) in [5.41, 5.74) is 8.62. The highest BCUT2D eigenvalue weighted by Gasteiger charge is 2.58. The third-order valence-electron chi connectivity index (χ3n) is 5.61. The highest BCUT2D eigenvalue weighted by Crippen LogP contribution is 2.58. The normalized spacial score (nSPS) is 34.5. The summed E-state index contributed by atoms with van der Waals surface area (Å²) in [4.78, 5) is 14.9. The lowest BCUT2D eigenvalue weighted by molar-refractivity contribution is -0.136. The lowest BCUT2D eigenvalue weighted by atomic mass is 9.92. The van der Waals surface area contributed by atoms with Crippen LogP contribution < -0.4 is 5.73 Å². The van der Waals surface area contributed by atoms with Crippen LogP contribution in [-0.4, -0.2) is 23.9 Å². The molecule has 0 spiro atoms. The van der Waals surface area contributed by atoms with Gasteiger partial charge in [-0.1, -0.05) is 30.7 Å². The van der Waals surface area contributed by atoms with E-state index in [4.69, 9.17) is 5.73 Å². The van der Waals surface area contributed by atoms with Crippen LogP contribution in [0.4, 0.5) is 0 Å². The summed E-state index contributed by atoms with van der Waals surface area (Å²) in [6.45, 7) is 1.37. The highest BCUT2D eigenvalue weighted by molar-refractivity contribution is 5.83. The molecule has 1 aromatic rings. The zero-order valence-electron chi connectivity index (χ0n) is 11.8. The standard InChI is InChI=1S/C17H22N2O/c18-10-15-12-5-2-1-4-11(12)8-9-19(15)17(20)16-13-6-3-7-14(13)16/h1-2,4-5,13-16H,3,6-10,18H2. The van der Waals surface area contributed by atoms with Crippen molar-refractivity contribution in [3.8, 4) is 0 Å². The van der Waals surface area contributed by atoms with E-state index >= 15 is 0 Å². The molecule has 0 radical (unpaired) electrons. The second-order valence-corrected chi connectivity index (χ2v) is 6.52. The van der Waals surface area contributed by atoms with Gasteiger partial charge >= 0.3 is 0 Å². The van der Waals surface area contributed by atoms with Crippen molar-refractivity contribution in [3.63, 3.8) is 0 Å². The molecule has 3 atom stereocenters. The van der Waals surface area contributed by atoms with E-state index < -0.39 is 0 Å². The third-order valence-corrected chi connectivity index (χ3v) is 5.61. The Morgan fingerprint density at radius 1 is 1.25 bits per heavy atom. The fraction of sp³-hybridized carbons (Fsp3) is 0.588. The SMILES string of the molecule is NCC1c2ccccc2CCN1C(=O)C1C2CCCC21. The lowest BCUT2D eigenvalue weighted by Gasteiger charge is -2.37. The highest BCUT2D eigenvalue weighted by atomic mass is 16.2. The van der Waals surface area contributed by atoms with Crippen LogP contribution in [0.25, 0.3) is 0 Å². The molecule has 0 aromatic heterocycles. The Balaban J connectivity index is 1.58. The topological polar surface area (TPSA) is 46.3 Å². The number of fused-ring (bicyclic) bond motifs is 2. The second kappa shape index (κ2) is 4.59. The molecule has 0 saturated heterocycles. The van der Waals surface area contributed by atoms with Crippen LogP contribution in [0.3, 0.4) is 0 Å². The van der Waals surface area contributed by atoms with E-state index in [9.17, 15) is 4.79 Å². The van der Waals surface area contributed by atoms with Crippen molar-refractivity contribution in [2.45, 2.75) is 31.7 Å². The fourth-order valence-corrected chi connectivity index (χ4v) is 4.55. The predicted octanol–water partition coefficient (Wildman–Crippen LogP) is 2.12. The first-order valence-electron chi connectivity index (χ1n) is 7.89. The third kappa shape index (κ3) is 1.72. The molecule has 1 aromatic carbocycles. The molecule has 3 aliphatic rings. The van der Waals surface area contributed by atoms with E-state index in [-0.39, 0.29) is 6.04 Å². The number of hydrogen-bond donors (Lipinski definition) is 1. The van der Waals surface area contributed by atoms with E-state index in [0.29, 0.717) is 30.2 Å². The van der Waals surface area contributed by atoms with Gasteiger partial charge in [-0.05, 0) is 42.2 Å². The maximum absolute atomic E-state index is 12.8. The van der Waals surface area contributed by atoms with Gasteiger partial charge < -0.3 is 10.6 Å². The summed E-state index contributed by atoms with van der Waals surface area (Å²) in [7, 11) is 0. The minimum atomic E-state index is 0.0915. The van der Waals surface area contributed by atoms with Gasteiger partial charge in [0.2, 0.25) is 5.91 Å². The van der Waals surface area contributed by atoms with Crippen LogP contribution in [0.1, 0.15) is 36.4 Å². The van der Waals surface area contributed by atoms with E-state index in [1.165, 1.54) is 30.4 Å². The Labute approximate surface area is 120 Å². The van der Waals surface area contributed by atoms with Crippen LogP contribution in [0.5, 0.6) is 0 Å². The van der Waals surface area contributed by atoms with Crippen LogP contribution in [0.15, 0.2) is 24.3 Å². The van der Waals surface area contributed by atoms with Crippen molar-refractivity contribution in [1.82, 2.24) is 4.90 Å². The van der Waals surface area contributed by atoms with Gasteiger partial charge in [0.1, 0.15) is 0 Å². The second-order valence-electron chi connectivity index (χ2n) is 6.52. The number of carbonyl (C=O) groups excluding carboxylic acids is 1. The summed E-state index contributed by atoms with van der Waals surface area (Å²) in [5.74, 6) is 2.09. The Hall–Kier alpha value is -1.35. The molecule has 106 valence electrons. The molecule has 3 nitrogen and oxygen atoms in total. The number of nitrogens with zero attached hydrogens (tertiary/aromatic N) is 1. The van der Waals surface area contributed by atoms with Crippen LogP contribution >= 0.6 is 0 Å². The first kappa shape index (κ1) is 12.4. The van der Waals surface area contributed by atoms with Crippen LogP contribution in [0.2, 0.25) is 0 Å². The predicted molar refractivity (Wildman–Crippen MR) is 78.0 cm³/mol. The maximum atomic E-state index is 12.8. The van der Waals surface area contributed by atoms with E-state index in [0.717, 1.165) is 13.0 Å². The molecular weight excluding hydrogens is 248 g/mol. The minimum absolute atomic E-state index is 0.0915. The molecule has 1 aliphatic heterocycles. The van der Waals surface area contributed by atoms with Crippen molar-refractivity contribution in [3.05, 3.63) is 35.4 Å². The van der Waals surface area contributed by atoms with Gasteiger partial charge in [0.15, 0.2) is 0 Å². The molecule has 0 bridgehead atoms. The van der Waals surface area contributed by atoms with Crippen molar-refractivity contribution < 1.29 is 4.79 Å². The Bertz CT molecular complexity index is 532. The molecule has 3 heteroatoms. The Morgan fingerprint density at radius 3 is 2.75 bits per heavy atom. The molecule has 3 unspecified atom stereocenters.